The Bertz CT molecular complexity index is 526. The van der Waals surface area contributed by atoms with E-state index in [-0.39, 0.29) is 0 Å². The monoisotopic (exact) mass is 272 g/mol. The van der Waals surface area contributed by atoms with Crippen LogP contribution in [0.2, 0.25) is 0 Å². The number of nitrogens with zero attached hydrogens (tertiary/aromatic N) is 2. The van der Waals surface area contributed by atoms with E-state index in [4.69, 9.17) is 5.26 Å². The van der Waals surface area contributed by atoms with Crippen LogP contribution in [-0.4, -0.2) is 4.98 Å². The summed E-state index contributed by atoms with van der Waals surface area (Å²) in [5.74, 6) is 0. The largest absolute Gasteiger partial charge is 0.261 e. The molecule has 0 atom stereocenters. The molecule has 0 saturated heterocycles. The van der Waals surface area contributed by atoms with Crippen molar-refractivity contribution in [1.29, 1.82) is 5.26 Å². The zero-order valence-electron chi connectivity index (χ0n) is 8.52. The second-order valence-corrected chi connectivity index (χ2v) is 4.37. The van der Waals surface area contributed by atoms with Crippen LogP contribution < -0.4 is 0 Å². The Morgan fingerprint density at radius 1 is 1.19 bits per heavy atom. The third-order valence-corrected chi connectivity index (χ3v) is 2.77. The van der Waals surface area contributed by atoms with Gasteiger partial charge in [-0.1, -0.05) is 28.1 Å². The minimum absolute atomic E-state index is 0.655. The van der Waals surface area contributed by atoms with Gasteiger partial charge in [0.25, 0.3) is 0 Å². The van der Waals surface area contributed by atoms with E-state index < -0.39 is 0 Å². The number of pyridine rings is 1. The topological polar surface area (TPSA) is 36.7 Å². The molecular formula is C13H9BrN2. The van der Waals surface area contributed by atoms with Crippen LogP contribution in [0.5, 0.6) is 0 Å². The molecule has 0 radical (unpaired) electrons. The molecule has 16 heavy (non-hydrogen) atoms. The van der Waals surface area contributed by atoms with Gasteiger partial charge in [-0.15, -0.1) is 0 Å². The predicted molar refractivity (Wildman–Crippen MR) is 65.9 cm³/mol. The molecule has 0 saturated carbocycles. The summed E-state index contributed by atoms with van der Waals surface area (Å²) in [7, 11) is 0. The lowest BCUT2D eigenvalue weighted by Gasteiger charge is -2.01. The Balaban J connectivity index is 2.21. The van der Waals surface area contributed by atoms with Gasteiger partial charge in [0.1, 0.15) is 0 Å². The van der Waals surface area contributed by atoms with Crippen LogP contribution in [0, 0.1) is 11.3 Å². The maximum atomic E-state index is 8.78. The number of hydrogen-bond acceptors (Lipinski definition) is 2. The number of halogens is 1. The third-order valence-electron chi connectivity index (χ3n) is 2.24. The number of aromatic nitrogens is 1. The van der Waals surface area contributed by atoms with E-state index in [0.29, 0.717) is 5.56 Å². The summed E-state index contributed by atoms with van der Waals surface area (Å²) < 4.78 is 1.06. The van der Waals surface area contributed by atoms with Crippen molar-refractivity contribution in [3.05, 3.63) is 63.9 Å². The lowest BCUT2D eigenvalue weighted by atomic mass is 10.1. The molecular weight excluding hydrogens is 264 g/mol. The lowest BCUT2D eigenvalue weighted by Crippen LogP contribution is -1.92. The Hall–Kier alpha value is -1.66. The summed E-state index contributed by atoms with van der Waals surface area (Å²) in [5.41, 5.74) is 2.76. The Morgan fingerprint density at radius 3 is 2.62 bits per heavy atom. The van der Waals surface area contributed by atoms with Crippen molar-refractivity contribution in [3.8, 4) is 6.07 Å². The van der Waals surface area contributed by atoms with Crippen LogP contribution in [0.3, 0.4) is 0 Å². The highest BCUT2D eigenvalue weighted by Crippen LogP contribution is 2.13. The first-order valence-electron chi connectivity index (χ1n) is 4.87. The van der Waals surface area contributed by atoms with Crippen molar-refractivity contribution in [2.75, 3.05) is 0 Å². The average Bonchev–Trinajstić information content (AvgIpc) is 2.32. The molecule has 0 fully saturated rings. The number of nitriles is 1. The van der Waals surface area contributed by atoms with Crippen molar-refractivity contribution in [1.82, 2.24) is 4.98 Å². The molecule has 0 bridgehead atoms. The van der Waals surface area contributed by atoms with E-state index in [1.165, 1.54) is 5.56 Å². The van der Waals surface area contributed by atoms with Crippen molar-refractivity contribution in [3.63, 3.8) is 0 Å². The van der Waals surface area contributed by atoms with Gasteiger partial charge >= 0.3 is 0 Å². The van der Waals surface area contributed by atoms with Gasteiger partial charge in [-0.2, -0.15) is 5.26 Å². The summed E-state index contributed by atoms with van der Waals surface area (Å²) in [6.45, 7) is 0. The quantitative estimate of drug-likeness (QED) is 0.841. The molecule has 0 unspecified atom stereocenters. The van der Waals surface area contributed by atoms with E-state index in [0.717, 1.165) is 16.6 Å². The van der Waals surface area contributed by atoms with Crippen LogP contribution in [0.25, 0.3) is 0 Å². The third kappa shape index (κ3) is 2.68. The summed E-state index contributed by atoms with van der Waals surface area (Å²) in [6.07, 6.45) is 2.43. The van der Waals surface area contributed by atoms with Crippen LogP contribution >= 0.6 is 15.9 Å². The molecule has 3 heteroatoms. The number of benzene rings is 1. The van der Waals surface area contributed by atoms with Gasteiger partial charge in [-0.3, -0.25) is 4.98 Å². The van der Waals surface area contributed by atoms with Gasteiger partial charge in [0, 0.05) is 22.8 Å². The fourth-order valence-electron chi connectivity index (χ4n) is 1.46. The zero-order chi connectivity index (χ0) is 11.4. The van der Waals surface area contributed by atoms with Crippen LogP contribution in [-0.2, 0) is 6.42 Å². The summed E-state index contributed by atoms with van der Waals surface area (Å²) in [4.78, 5) is 4.24. The number of hydrogen-bond donors (Lipinski definition) is 0. The summed E-state index contributed by atoms with van der Waals surface area (Å²) >= 11 is 3.40. The van der Waals surface area contributed by atoms with Gasteiger partial charge in [-0.05, 0) is 29.8 Å². The fourth-order valence-corrected chi connectivity index (χ4v) is 1.72. The molecule has 2 nitrogen and oxygen atoms in total. The normalized spacial score (nSPS) is 9.75. The van der Waals surface area contributed by atoms with Crippen molar-refractivity contribution in [2.24, 2.45) is 0 Å². The Kier molecular flexibility index (Phi) is 3.33. The highest BCUT2D eigenvalue weighted by Gasteiger charge is 1.99. The molecule has 0 aliphatic heterocycles. The average molecular weight is 273 g/mol. The molecule has 0 aliphatic carbocycles. The molecule has 1 heterocycles. The molecule has 1 aromatic heterocycles. The standard InChI is InChI=1S/C13H9BrN2/c14-12-3-1-10(2-4-12)7-13-8-11(9-15)5-6-16-13/h1-6,8H,7H2. The fraction of sp³-hybridized carbons (Fsp3) is 0.0769. The van der Waals surface area contributed by atoms with Crippen molar-refractivity contribution >= 4 is 15.9 Å². The van der Waals surface area contributed by atoms with Crippen LogP contribution in [0.4, 0.5) is 0 Å². The minimum atomic E-state index is 0.655. The molecule has 0 N–H and O–H groups in total. The lowest BCUT2D eigenvalue weighted by molar-refractivity contribution is 1.07. The minimum Gasteiger partial charge on any atom is -0.261 e. The highest BCUT2D eigenvalue weighted by atomic mass is 79.9. The van der Waals surface area contributed by atoms with E-state index in [2.05, 4.69) is 27.0 Å². The number of rotatable bonds is 2. The SMILES string of the molecule is N#Cc1ccnc(Cc2ccc(Br)cc2)c1. The molecule has 0 amide bonds. The molecule has 2 rings (SSSR count). The second-order valence-electron chi connectivity index (χ2n) is 3.45. The smallest absolute Gasteiger partial charge is 0.0992 e. The van der Waals surface area contributed by atoms with E-state index in [1.807, 2.05) is 30.3 Å². The molecule has 0 spiro atoms. The van der Waals surface area contributed by atoms with Gasteiger partial charge in [-0.25, -0.2) is 0 Å². The molecule has 0 aliphatic rings. The van der Waals surface area contributed by atoms with Gasteiger partial charge in [0.2, 0.25) is 0 Å². The maximum absolute atomic E-state index is 8.78. The van der Waals surface area contributed by atoms with Crippen LogP contribution in [0.1, 0.15) is 16.8 Å². The maximum Gasteiger partial charge on any atom is 0.0992 e. The molecule has 2 aromatic rings. The first kappa shape index (κ1) is 10.8. The highest BCUT2D eigenvalue weighted by molar-refractivity contribution is 9.10. The van der Waals surface area contributed by atoms with Crippen molar-refractivity contribution in [2.45, 2.75) is 6.42 Å². The molecule has 1 aromatic carbocycles. The van der Waals surface area contributed by atoms with Gasteiger partial charge in [0.15, 0.2) is 0 Å². The zero-order valence-corrected chi connectivity index (χ0v) is 10.1. The van der Waals surface area contributed by atoms with Gasteiger partial charge < -0.3 is 0 Å². The predicted octanol–water partition coefficient (Wildman–Crippen LogP) is 3.31. The first-order valence-corrected chi connectivity index (χ1v) is 5.67. The second kappa shape index (κ2) is 4.91. The van der Waals surface area contributed by atoms with Gasteiger partial charge in [0.05, 0.1) is 11.6 Å². The molecule has 78 valence electrons. The summed E-state index contributed by atoms with van der Waals surface area (Å²) in [6, 6.07) is 13.7. The van der Waals surface area contributed by atoms with E-state index in [9.17, 15) is 0 Å². The first-order chi connectivity index (χ1) is 7.78. The van der Waals surface area contributed by atoms with Crippen molar-refractivity contribution < 1.29 is 0 Å². The summed E-state index contributed by atoms with van der Waals surface area (Å²) in [5, 5.41) is 8.78. The van der Waals surface area contributed by atoms with Crippen LogP contribution in [0.15, 0.2) is 47.1 Å². The van der Waals surface area contributed by atoms with E-state index in [1.54, 1.807) is 12.3 Å². The van der Waals surface area contributed by atoms with E-state index >= 15 is 0 Å². The Morgan fingerprint density at radius 2 is 1.94 bits per heavy atom. The Labute approximate surface area is 103 Å².